The number of alkyl halides is 2. The van der Waals surface area contributed by atoms with E-state index in [1.807, 2.05) is 25.1 Å². The van der Waals surface area contributed by atoms with Gasteiger partial charge in [0, 0.05) is 6.54 Å². The van der Waals surface area contributed by atoms with Crippen LogP contribution in [0.5, 0.6) is 11.5 Å². The van der Waals surface area contributed by atoms with Crippen molar-refractivity contribution in [2.24, 2.45) is 5.73 Å². The highest BCUT2D eigenvalue weighted by Crippen LogP contribution is 2.29. The maximum absolute atomic E-state index is 12.4. The maximum Gasteiger partial charge on any atom is 0.387 e. The van der Waals surface area contributed by atoms with Crippen molar-refractivity contribution in [3.05, 3.63) is 59.2 Å². The summed E-state index contributed by atoms with van der Waals surface area (Å²) in [5.74, 6) is -0.287. The van der Waals surface area contributed by atoms with Crippen molar-refractivity contribution in [2.45, 2.75) is 32.5 Å². The minimum absolute atomic E-state index is 0.0178. The molecule has 9 heteroatoms. The van der Waals surface area contributed by atoms with E-state index in [-0.39, 0.29) is 30.4 Å². The number of carbonyl (C=O) groups is 2. The first-order valence-electron chi connectivity index (χ1n) is 8.79. The third kappa shape index (κ3) is 6.95. The molecular formula is C20H23F2N3O4. The van der Waals surface area contributed by atoms with Crippen LogP contribution in [0.25, 0.3) is 0 Å². The van der Waals surface area contributed by atoms with Gasteiger partial charge in [0.1, 0.15) is 0 Å². The molecule has 29 heavy (non-hydrogen) atoms. The number of hydrogen-bond donors (Lipinski definition) is 3. The van der Waals surface area contributed by atoms with Crippen molar-refractivity contribution in [2.75, 3.05) is 7.11 Å². The Labute approximate surface area is 167 Å². The number of carbonyl (C=O) groups excluding carboxylic acids is 2. The Kier molecular flexibility index (Phi) is 7.76. The highest BCUT2D eigenvalue weighted by molar-refractivity contribution is 5.78. The second kappa shape index (κ2) is 10.3. The summed E-state index contributed by atoms with van der Waals surface area (Å²) >= 11 is 0. The lowest BCUT2D eigenvalue weighted by Gasteiger charge is -2.18. The molecule has 156 valence electrons. The van der Waals surface area contributed by atoms with Crippen LogP contribution in [0.3, 0.4) is 0 Å². The molecule has 3 amide bonds. The summed E-state index contributed by atoms with van der Waals surface area (Å²) in [6, 6.07) is 10.5. The maximum atomic E-state index is 12.4. The third-order valence-electron chi connectivity index (χ3n) is 4.08. The van der Waals surface area contributed by atoms with E-state index in [1.165, 1.54) is 19.2 Å². The molecule has 1 atom stereocenters. The van der Waals surface area contributed by atoms with Crippen LogP contribution in [0.1, 0.15) is 29.2 Å². The molecule has 2 aromatic carbocycles. The normalized spacial score (nSPS) is 11.6. The van der Waals surface area contributed by atoms with E-state index in [0.717, 1.165) is 11.1 Å². The highest BCUT2D eigenvalue weighted by atomic mass is 19.3. The van der Waals surface area contributed by atoms with Crippen LogP contribution < -0.4 is 25.8 Å². The zero-order chi connectivity index (χ0) is 21.4. The van der Waals surface area contributed by atoms with Gasteiger partial charge in [-0.1, -0.05) is 35.9 Å². The fourth-order valence-corrected chi connectivity index (χ4v) is 2.78. The Morgan fingerprint density at radius 1 is 1.14 bits per heavy atom. The first-order valence-corrected chi connectivity index (χ1v) is 8.79. The van der Waals surface area contributed by atoms with Gasteiger partial charge in [0.25, 0.3) is 0 Å². The predicted octanol–water partition coefficient (Wildman–Crippen LogP) is 3.02. The van der Waals surface area contributed by atoms with Gasteiger partial charge in [0.2, 0.25) is 5.91 Å². The van der Waals surface area contributed by atoms with Crippen molar-refractivity contribution < 1.29 is 27.8 Å². The molecule has 7 nitrogen and oxygen atoms in total. The van der Waals surface area contributed by atoms with E-state index in [2.05, 4.69) is 15.4 Å². The average molecular weight is 407 g/mol. The van der Waals surface area contributed by atoms with Gasteiger partial charge in [-0.05, 0) is 30.2 Å². The Hall–Kier alpha value is -3.36. The fourth-order valence-electron chi connectivity index (χ4n) is 2.78. The van der Waals surface area contributed by atoms with E-state index < -0.39 is 18.7 Å². The van der Waals surface area contributed by atoms with Crippen LogP contribution in [0, 0.1) is 6.92 Å². The van der Waals surface area contributed by atoms with Gasteiger partial charge in [-0.25, -0.2) is 4.79 Å². The highest BCUT2D eigenvalue weighted by Gasteiger charge is 2.18. The summed E-state index contributed by atoms with van der Waals surface area (Å²) < 4.78 is 34.2. The lowest BCUT2D eigenvalue weighted by Crippen LogP contribution is -2.36. The minimum atomic E-state index is -2.97. The van der Waals surface area contributed by atoms with Crippen LogP contribution in [0.15, 0.2) is 42.5 Å². The lowest BCUT2D eigenvalue weighted by atomic mass is 10.0. The Morgan fingerprint density at radius 2 is 1.90 bits per heavy atom. The second-order valence-corrected chi connectivity index (χ2v) is 6.32. The monoisotopic (exact) mass is 407 g/mol. The number of amides is 3. The molecule has 0 saturated carbocycles. The number of urea groups is 1. The smallest absolute Gasteiger partial charge is 0.387 e. The van der Waals surface area contributed by atoms with Gasteiger partial charge in [-0.3, -0.25) is 4.79 Å². The molecule has 0 saturated heterocycles. The first kappa shape index (κ1) is 21.9. The molecule has 1 unspecified atom stereocenters. The fraction of sp³-hybridized carbons (Fsp3) is 0.300. The molecule has 2 rings (SSSR count). The minimum Gasteiger partial charge on any atom is -0.493 e. The van der Waals surface area contributed by atoms with E-state index in [1.54, 1.807) is 12.1 Å². The number of hydrogen-bond acceptors (Lipinski definition) is 4. The Balaban J connectivity index is 2.02. The summed E-state index contributed by atoms with van der Waals surface area (Å²) in [5, 5.41) is 5.29. The van der Waals surface area contributed by atoms with Crippen LogP contribution in [-0.4, -0.2) is 25.7 Å². The number of aryl methyl sites for hydroxylation is 1. The van der Waals surface area contributed by atoms with Gasteiger partial charge in [-0.15, -0.1) is 0 Å². The number of rotatable bonds is 9. The van der Waals surface area contributed by atoms with E-state index in [9.17, 15) is 18.4 Å². The molecule has 0 aliphatic carbocycles. The number of nitrogens with two attached hydrogens (primary N) is 1. The molecule has 0 bridgehead atoms. The number of nitrogens with one attached hydrogen (secondary N) is 2. The molecule has 0 spiro atoms. The number of primary amides is 1. The zero-order valence-electron chi connectivity index (χ0n) is 16.1. The molecule has 0 aliphatic rings. The largest absolute Gasteiger partial charge is 0.493 e. The first-order chi connectivity index (χ1) is 13.8. The number of halogens is 2. The standard InChI is InChI=1S/C20H23F2N3O4/c1-12-4-3-5-14(8-12)15(25-20(23)27)10-18(26)24-11-13-6-7-16(29-19(21)22)17(9-13)28-2/h3-9,15,19H,10-11H2,1-2H3,(H,24,26)(H3,23,25,27). The zero-order valence-corrected chi connectivity index (χ0v) is 16.1. The van der Waals surface area contributed by atoms with Crippen molar-refractivity contribution in [3.63, 3.8) is 0 Å². The molecule has 0 aliphatic heterocycles. The van der Waals surface area contributed by atoms with Crippen molar-refractivity contribution in [1.82, 2.24) is 10.6 Å². The number of benzene rings is 2. The summed E-state index contributed by atoms with van der Waals surface area (Å²) in [6.45, 7) is -0.924. The lowest BCUT2D eigenvalue weighted by molar-refractivity contribution is -0.121. The summed E-state index contributed by atoms with van der Waals surface area (Å²) in [5.41, 5.74) is 7.60. The molecule has 0 heterocycles. The third-order valence-corrected chi connectivity index (χ3v) is 4.08. The SMILES string of the molecule is COc1cc(CNC(=O)CC(NC(N)=O)c2cccc(C)c2)ccc1OC(F)F. The number of ether oxygens (including phenoxy) is 2. The Morgan fingerprint density at radius 3 is 2.52 bits per heavy atom. The van der Waals surface area contributed by atoms with Gasteiger partial charge >= 0.3 is 12.6 Å². The van der Waals surface area contributed by atoms with E-state index in [4.69, 9.17) is 10.5 Å². The molecule has 0 fully saturated rings. The van der Waals surface area contributed by atoms with Crippen LogP contribution in [0.4, 0.5) is 13.6 Å². The Bertz CT molecular complexity index is 861. The molecule has 4 N–H and O–H groups in total. The summed E-state index contributed by atoms with van der Waals surface area (Å²) in [4.78, 5) is 23.7. The molecular weight excluding hydrogens is 384 g/mol. The van der Waals surface area contributed by atoms with Gasteiger partial charge < -0.3 is 25.8 Å². The van der Waals surface area contributed by atoms with Crippen LogP contribution >= 0.6 is 0 Å². The van der Waals surface area contributed by atoms with Crippen LogP contribution in [0.2, 0.25) is 0 Å². The van der Waals surface area contributed by atoms with Crippen molar-refractivity contribution >= 4 is 11.9 Å². The van der Waals surface area contributed by atoms with Gasteiger partial charge in [-0.2, -0.15) is 8.78 Å². The summed E-state index contributed by atoms with van der Waals surface area (Å²) in [6.07, 6.45) is -0.0178. The van der Waals surface area contributed by atoms with Crippen molar-refractivity contribution in [3.8, 4) is 11.5 Å². The van der Waals surface area contributed by atoms with Crippen LogP contribution in [-0.2, 0) is 11.3 Å². The van der Waals surface area contributed by atoms with Gasteiger partial charge in [0.05, 0.1) is 19.6 Å². The van der Waals surface area contributed by atoms with E-state index in [0.29, 0.717) is 5.56 Å². The second-order valence-electron chi connectivity index (χ2n) is 6.32. The summed E-state index contributed by atoms with van der Waals surface area (Å²) in [7, 11) is 1.33. The topological polar surface area (TPSA) is 103 Å². The van der Waals surface area contributed by atoms with E-state index >= 15 is 0 Å². The molecule has 0 aromatic heterocycles. The van der Waals surface area contributed by atoms with Gasteiger partial charge in [0.15, 0.2) is 11.5 Å². The predicted molar refractivity (Wildman–Crippen MR) is 103 cm³/mol. The quantitative estimate of drug-likeness (QED) is 0.595. The molecule has 0 radical (unpaired) electrons. The van der Waals surface area contributed by atoms with Crippen molar-refractivity contribution in [1.29, 1.82) is 0 Å². The molecule has 2 aromatic rings. The number of methoxy groups -OCH3 is 1. The average Bonchev–Trinajstić information content (AvgIpc) is 2.66.